The molecule has 0 bridgehead atoms. The Hall–Kier alpha value is -3.12. The van der Waals surface area contributed by atoms with E-state index in [4.69, 9.17) is 16.3 Å². The number of carbonyl (C=O) groups excluding carboxylic acids is 2. The topological polar surface area (TPSA) is 62.2 Å². The first-order valence-corrected chi connectivity index (χ1v) is 12.2. The molecule has 184 valence electrons. The predicted molar refractivity (Wildman–Crippen MR) is 142 cm³/mol. The van der Waals surface area contributed by atoms with E-state index in [2.05, 4.69) is 43.1 Å². The van der Waals surface area contributed by atoms with Crippen molar-refractivity contribution in [3.8, 4) is 0 Å². The van der Waals surface area contributed by atoms with Crippen LogP contribution in [0.3, 0.4) is 0 Å². The quantitative estimate of drug-likeness (QED) is 0.448. The number of hydrogen-bond acceptors (Lipinski definition) is 3. The first kappa shape index (κ1) is 25.0. The minimum Gasteiger partial charge on any atom is -0.444 e. The van der Waals surface area contributed by atoms with Gasteiger partial charge in [0, 0.05) is 18.1 Å². The fourth-order valence-electron chi connectivity index (χ4n) is 4.73. The van der Waals surface area contributed by atoms with E-state index in [1.54, 1.807) is 4.90 Å². The van der Waals surface area contributed by atoms with E-state index in [1.165, 1.54) is 5.57 Å². The highest BCUT2D eigenvalue weighted by molar-refractivity contribution is 6.32. The Labute approximate surface area is 212 Å². The molecule has 0 N–H and O–H groups in total. The highest BCUT2D eigenvalue weighted by Gasteiger charge is 2.43. The molecule has 0 fully saturated rings. The standard InChI is InChI=1S/C28H32ClN3O3/c1-18-22(29)8-7-9-23(18)32-24-16-20(10-11-21(24)28(5,6)25(32)30-17-33)19-12-14-31(15-13-19)26(34)35-27(2,3)4/h7-12,16-17H,13-15H2,1-6H3. The Morgan fingerprint density at radius 1 is 1.17 bits per heavy atom. The number of fused-ring (bicyclic) bond motifs is 1. The van der Waals surface area contributed by atoms with E-state index in [-0.39, 0.29) is 6.09 Å². The van der Waals surface area contributed by atoms with Crippen LogP contribution in [-0.4, -0.2) is 41.9 Å². The van der Waals surface area contributed by atoms with E-state index in [0.717, 1.165) is 34.5 Å². The Bertz CT molecular complexity index is 1240. The Morgan fingerprint density at radius 3 is 2.54 bits per heavy atom. The second-order valence-electron chi connectivity index (χ2n) is 10.5. The van der Waals surface area contributed by atoms with Crippen LogP contribution in [0, 0.1) is 6.92 Å². The summed E-state index contributed by atoms with van der Waals surface area (Å²) in [5.41, 5.74) is 5.17. The molecule has 2 aliphatic heterocycles. The number of rotatable bonds is 3. The molecule has 0 aliphatic carbocycles. The van der Waals surface area contributed by atoms with Gasteiger partial charge < -0.3 is 9.64 Å². The molecule has 0 saturated heterocycles. The van der Waals surface area contributed by atoms with Crippen molar-refractivity contribution >= 4 is 46.9 Å². The van der Waals surface area contributed by atoms with Gasteiger partial charge in [-0.3, -0.25) is 9.69 Å². The summed E-state index contributed by atoms with van der Waals surface area (Å²) in [5, 5.41) is 0.660. The number of carbonyl (C=O) groups is 2. The molecule has 6 nitrogen and oxygen atoms in total. The van der Waals surface area contributed by atoms with Crippen LogP contribution in [0.5, 0.6) is 0 Å². The van der Waals surface area contributed by atoms with Gasteiger partial charge in [0.15, 0.2) is 0 Å². The summed E-state index contributed by atoms with van der Waals surface area (Å²) in [6, 6.07) is 12.2. The van der Waals surface area contributed by atoms with Crippen molar-refractivity contribution in [3.63, 3.8) is 0 Å². The summed E-state index contributed by atoms with van der Waals surface area (Å²) >= 11 is 6.46. The molecule has 0 atom stereocenters. The molecule has 2 aliphatic rings. The van der Waals surface area contributed by atoms with Crippen molar-refractivity contribution in [1.82, 2.24) is 4.90 Å². The number of halogens is 1. The van der Waals surface area contributed by atoms with Crippen LogP contribution in [-0.2, 0) is 14.9 Å². The van der Waals surface area contributed by atoms with E-state index >= 15 is 0 Å². The van der Waals surface area contributed by atoms with Crippen molar-refractivity contribution < 1.29 is 14.3 Å². The van der Waals surface area contributed by atoms with Crippen LogP contribution in [0.1, 0.15) is 57.7 Å². The number of ether oxygens (including phenoxy) is 1. The second-order valence-corrected chi connectivity index (χ2v) is 10.9. The number of nitrogens with zero attached hydrogens (tertiary/aromatic N) is 3. The van der Waals surface area contributed by atoms with Gasteiger partial charge >= 0.3 is 6.09 Å². The van der Waals surface area contributed by atoms with Crippen LogP contribution >= 0.6 is 11.6 Å². The number of hydrogen-bond donors (Lipinski definition) is 0. The van der Waals surface area contributed by atoms with E-state index in [1.807, 2.05) is 50.8 Å². The predicted octanol–water partition coefficient (Wildman–Crippen LogP) is 6.66. The largest absolute Gasteiger partial charge is 0.444 e. The summed E-state index contributed by atoms with van der Waals surface area (Å²) < 4.78 is 5.52. The van der Waals surface area contributed by atoms with Crippen LogP contribution in [0.2, 0.25) is 5.02 Å². The minimum absolute atomic E-state index is 0.291. The highest BCUT2D eigenvalue weighted by Crippen LogP contribution is 2.48. The average molecular weight is 494 g/mol. The van der Waals surface area contributed by atoms with Gasteiger partial charge in [0.1, 0.15) is 11.4 Å². The van der Waals surface area contributed by atoms with Crippen LogP contribution in [0.15, 0.2) is 47.5 Å². The number of amides is 2. The molecule has 0 saturated carbocycles. The Morgan fingerprint density at radius 2 is 1.91 bits per heavy atom. The molecule has 7 heteroatoms. The van der Waals surface area contributed by atoms with Gasteiger partial charge in [-0.15, -0.1) is 0 Å². The lowest BCUT2D eigenvalue weighted by molar-refractivity contribution is -0.106. The van der Waals surface area contributed by atoms with E-state index in [9.17, 15) is 9.59 Å². The second kappa shape index (κ2) is 9.15. The first-order chi connectivity index (χ1) is 16.4. The third-order valence-corrected chi connectivity index (χ3v) is 6.98. The van der Waals surface area contributed by atoms with Crippen LogP contribution in [0.4, 0.5) is 16.2 Å². The SMILES string of the molecule is Cc1c(Cl)cccc1N1C(=NC=O)C(C)(C)c2ccc(C3=CCN(C(=O)OC(C)(C)C)CC3)cc21. The number of aliphatic imine (C=N–C) groups is 1. The molecule has 35 heavy (non-hydrogen) atoms. The maximum atomic E-state index is 12.5. The van der Waals surface area contributed by atoms with E-state index < -0.39 is 11.0 Å². The summed E-state index contributed by atoms with van der Waals surface area (Å²) in [7, 11) is 0. The third-order valence-electron chi connectivity index (χ3n) is 6.57. The van der Waals surface area contributed by atoms with Crippen molar-refractivity contribution in [3.05, 3.63) is 64.2 Å². The Balaban J connectivity index is 1.73. The highest BCUT2D eigenvalue weighted by atomic mass is 35.5. The summed E-state index contributed by atoms with van der Waals surface area (Å²) in [6.45, 7) is 12.8. The summed E-state index contributed by atoms with van der Waals surface area (Å²) in [6.07, 6.45) is 3.13. The number of amidine groups is 1. The first-order valence-electron chi connectivity index (χ1n) is 11.8. The molecule has 2 heterocycles. The zero-order valence-corrected chi connectivity index (χ0v) is 21.9. The van der Waals surface area contributed by atoms with Crippen molar-refractivity contribution in [1.29, 1.82) is 0 Å². The molecule has 0 aromatic heterocycles. The fourth-order valence-corrected chi connectivity index (χ4v) is 4.90. The molecule has 4 rings (SSSR count). The number of benzene rings is 2. The molecule has 2 amide bonds. The smallest absolute Gasteiger partial charge is 0.410 e. The van der Waals surface area contributed by atoms with Crippen molar-refractivity contribution in [2.75, 3.05) is 18.0 Å². The molecular formula is C28H32ClN3O3. The summed E-state index contributed by atoms with van der Waals surface area (Å²) in [4.78, 5) is 32.0. The van der Waals surface area contributed by atoms with Crippen molar-refractivity contribution in [2.24, 2.45) is 4.99 Å². The zero-order valence-electron chi connectivity index (χ0n) is 21.2. The van der Waals surface area contributed by atoms with Gasteiger partial charge in [-0.2, -0.15) is 0 Å². The molecule has 0 unspecified atom stereocenters. The molecule has 0 radical (unpaired) electrons. The van der Waals surface area contributed by atoms with Crippen LogP contribution < -0.4 is 4.90 Å². The Kier molecular flexibility index (Phi) is 6.54. The lowest BCUT2D eigenvalue weighted by Crippen LogP contribution is -2.39. The molecular weight excluding hydrogens is 462 g/mol. The molecule has 2 aromatic rings. The molecule has 2 aromatic carbocycles. The lowest BCUT2D eigenvalue weighted by atomic mass is 9.84. The van der Waals surface area contributed by atoms with Gasteiger partial charge in [0.05, 0.1) is 16.8 Å². The normalized spacial score (nSPS) is 18.4. The van der Waals surface area contributed by atoms with Gasteiger partial charge in [0.25, 0.3) is 0 Å². The van der Waals surface area contributed by atoms with Crippen molar-refractivity contribution in [2.45, 2.75) is 59.0 Å². The van der Waals surface area contributed by atoms with E-state index in [0.29, 0.717) is 30.4 Å². The molecule has 0 spiro atoms. The maximum Gasteiger partial charge on any atom is 0.410 e. The number of anilines is 2. The van der Waals surface area contributed by atoms with Gasteiger partial charge in [-0.25, -0.2) is 9.79 Å². The maximum absolute atomic E-state index is 12.5. The van der Waals surface area contributed by atoms with Crippen LogP contribution in [0.25, 0.3) is 5.57 Å². The summed E-state index contributed by atoms with van der Waals surface area (Å²) in [5.74, 6) is 0.666. The van der Waals surface area contributed by atoms with Gasteiger partial charge in [-0.1, -0.05) is 35.9 Å². The van der Waals surface area contributed by atoms with Gasteiger partial charge in [-0.05, 0) is 88.4 Å². The fraction of sp³-hybridized carbons (Fsp3) is 0.393. The van der Waals surface area contributed by atoms with Gasteiger partial charge in [0.2, 0.25) is 6.41 Å². The lowest BCUT2D eigenvalue weighted by Gasteiger charge is -2.30. The monoisotopic (exact) mass is 493 g/mol. The zero-order chi connectivity index (χ0) is 25.5. The third kappa shape index (κ3) is 4.72. The average Bonchev–Trinajstić information content (AvgIpc) is 3.01. The minimum atomic E-state index is -0.517.